The minimum absolute atomic E-state index is 0.0706. The van der Waals surface area contributed by atoms with E-state index >= 15 is 0 Å². The highest BCUT2D eigenvalue weighted by atomic mass is 32.2. The fraction of sp³-hybridized carbons (Fsp3) is 0.615. The fourth-order valence-corrected chi connectivity index (χ4v) is 3.96. The third kappa shape index (κ3) is 2.30. The number of aromatic nitrogens is 1. The molecule has 0 bridgehead atoms. The molecule has 2 rings (SSSR count). The van der Waals surface area contributed by atoms with Crippen molar-refractivity contribution in [2.75, 3.05) is 12.0 Å². The number of nitrogens with two attached hydrogens (primary N) is 1. The van der Waals surface area contributed by atoms with Crippen LogP contribution < -0.4 is 16.0 Å². The standard InChI is InChI=1S/C13H22N4O2S/c1-12(2)10(13(12,3)4)8-16-20(18,19)11-9(17-14)6-5-7-15-11/h5-7,10,16-17H,8,14H2,1-4H3. The van der Waals surface area contributed by atoms with Gasteiger partial charge in [-0.25, -0.2) is 18.1 Å². The van der Waals surface area contributed by atoms with Crippen LogP contribution in [0.1, 0.15) is 27.7 Å². The summed E-state index contributed by atoms with van der Waals surface area (Å²) in [5.41, 5.74) is 2.91. The van der Waals surface area contributed by atoms with Crippen LogP contribution >= 0.6 is 0 Å². The predicted octanol–water partition coefficient (Wildman–Crippen LogP) is 1.33. The lowest BCUT2D eigenvalue weighted by Crippen LogP contribution is -2.29. The molecule has 112 valence electrons. The van der Waals surface area contributed by atoms with Gasteiger partial charge < -0.3 is 5.43 Å². The number of rotatable bonds is 5. The van der Waals surface area contributed by atoms with Gasteiger partial charge in [0, 0.05) is 12.7 Å². The van der Waals surface area contributed by atoms with Crippen LogP contribution in [0.3, 0.4) is 0 Å². The molecule has 20 heavy (non-hydrogen) atoms. The number of nitrogens with one attached hydrogen (secondary N) is 2. The smallest absolute Gasteiger partial charge is 0.260 e. The molecule has 0 unspecified atom stereocenters. The normalized spacial score (nSPS) is 20.6. The molecule has 7 heteroatoms. The van der Waals surface area contributed by atoms with Gasteiger partial charge in [0.05, 0.1) is 5.69 Å². The van der Waals surface area contributed by atoms with Crippen molar-refractivity contribution in [1.82, 2.24) is 9.71 Å². The minimum atomic E-state index is -3.66. The molecule has 1 saturated carbocycles. The lowest BCUT2D eigenvalue weighted by molar-refractivity contribution is 0.457. The highest BCUT2D eigenvalue weighted by Crippen LogP contribution is 2.67. The second-order valence-corrected chi connectivity index (χ2v) is 8.03. The summed E-state index contributed by atoms with van der Waals surface area (Å²) < 4.78 is 27.2. The topological polar surface area (TPSA) is 97.1 Å². The Bertz CT molecular complexity index is 597. The van der Waals surface area contributed by atoms with E-state index in [4.69, 9.17) is 5.84 Å². The number of hydrogen-bond acceptors (Lipinski definition) is 5. The number of hydrazine groups is 1. The third-order valence-electron chi connectivity index (χ3n) is 4.98. The Balaban J connectivity index is 2.14. The zero-order valence-corrected chi connectivity index (χ0v) is 13.1. The predicted molar refractivity (Wildman–Crippen MR) is 78.3 cm³/mol. The van der Waals surface area contributed by atoms with Crippen molar-refractivity contribution in [3.05, 3.63) is 18.3 Å². The number of anilines is 1. The van der Waals surface area contributed by atoms with Gasteiger partial charge >= 0.3 is 0 Å². The molecule has 6 nitrogen and oxygen atoms in total. The zero-order chi connectivity index (χ0) is 15.2. The Kier molecular flexibility index (Phi) is 3.56. The van der Waals surface area contributed by atoms with Crippen molar-refractivity contribution < 1.29 is 8.42 Å². The van der Waals surface area contributed by atoms with Crippen molar-refractivity contribution in [3.63, 3.8) is 0 Å². The van der Waals surface area contributed by atoms with Gasteiger partial charge in [0.1, 0.15) is 0 Å². The summed E-state index contributed by atoms with van der Waals surface area (Å²) in [6.45, 7) is 9.02. The molecule has 0 aromatic carbocycles. The van der Waals surface area contributed by atoms with E-state index in [0.29, 0.717) is 12.5 Å². The molecular formula is C13H22N4O2S. The average Bonchev–Trinajstić information content (AvgIpc) is 2.77. The molecule has 4 N–H and O–H groups in total. The number of nitrogens with zero attached hydrogens (tertiary/aromatic N) is 1. The monoisotopic (exact) mass is 298 g/mol. The summed E-state index contributed by atoms with van der Waals surface area (Å²) in [4.78, 5) is 3.90. The van der Waals surface area contributed by atoms with E-state index in [1.54, 1.807) is 12.1 Å². The van der Waals surface area contributed by atoms with Crippen molar-refractivity contribution >= 4 is 15.7 Å². The van der Waals surface area contributed by atoms with Gasteiger partial charge in [-0.05, 0) is 28.9 Å². The van der Waals surface area contributed by atoms with E-state index in [9.17, 15) is 8.42 Å². The van der Waals surface area contributed by atoms with Crippen molar-refractivity contribution in [3.8, 4) is 0 Å². The molecular weight excluding hydrogens is 276 g/mol. The van der Waals surface area contributed by atoms with Gasteiger partial charge in [-0.2, -0.15) is 0 Å². The van der Waals surface area contributed by atoms with Crippen LogP contribution in [0.4, 0.5) is 5.69 Å². The van der Waals surface area contributed by atoms with E-state index in [1.807, 2.05) is 0 Å². The molecule has 1 fully saturated rings. The molecule has 0 radical (unpaired) electrons. The average molecular weight is 298 g/mol. The quantitative estimate of drug-likeness (QED) is 0.563. The summed E-state index contributed by atoms with van der Waals surface area (Å²) in [5, 5.41) is -0.0706. The minimum Gasteiger partial charge on any atom is -0.321 e. The first-order chi connectivity index (χ1) is 9.14. The fourth-order valence-electron chi connectivity index (χ4n) is 2.82. The van der Waals surface area contributed by atoms with E-state index in [-0.39, 0.29) is 21.5 Å². The van der Waals surface area contributed by atoms with Crippen molar-refractivity contribution in [2.24, 2.45) is 22.6 Å². The molecule has 1 aliphatic carbocycles. The second-order valence-electron chi connectivity index (χ2n) is 6.35. The summed E-state index contributed by atoms with van der Waals surface area (Å²) in [6.07, 6.45) is 1.43. The largest absolute Gasteiger partial charge is 0.321 e. The molecule has 0 atom stereocenters. The van der Waals surface area contributed by atoms with E-state index < -0.39 is 10.0 Å². The number of hydrogen-bond donors (Lipinski definition) is 3. The van der Waals surface area contributed by atoms with Crippen LogP contribution in [-0.4, -0.2) is 19.9 Å². The van der Waals surface area contributed by atoms with Crippen molar-refractivity contribution in [1.29, 1.82) is 0 Å². The molecule has 0 spiro atoms. The highest BCUT2D eigenvalue weighted by Gasteiger charge is 2.64. The molecule has 0 saturated heterocycles. The number of nitrogen functional groups attached to an aromatic ring is 1. The highest BCUT2D eigenvalue weighted by molar-refractivity contribution is 7.89. The molecule has 0 amide bonds. The van der Waals surface area contributed by atoms with Crippen LogP contribution in [0.5, 0.6) is 0 Å². The number of pyridine rings is 1. The maximum absolute atomic E-state index is 12.3. The summed E-state index contributed by atoms with van der Waals surface area (Å²) in [7, 11) is -3.66. The van der Waals surface area contributed by atoms with E-state index in [2.05, 4.69) is 42.8 Å². The second kappa shape index (κ2) is 4.68. The molecule has 0 aliphatic heterocycles. The lowest BCUT2D eigenvalue weighted by Gasteiger charge is -2.10. The van der Waals surface area contributed by atoms with Crippen LogP contribution in [0.15, 0.2) is 23.4 Å². The third-order valence-corrected chi connectivity index (χ3v) is 6.36. The Hall–Kier alpha value is -1.18. The first-order valence-electron chi connectivity index (χ1n) is 6.56. The van der Waals surface area contributed by atoms with Gasteiger partial charge in [-0.3, -0.25) is 5.84 Å². The van der Waals surface area contributed by atoms with Crippen LogP contribution in [0.25, 0.3) is 0 Å². The van der Waals surface area contributed by atoms with Gasteiger partial charge in [0.2, 0.25) is 0 Å². The summed E-state index contributed by atoms with van der Waals surface area (Å²) in [5.74, 6) is 5.63. The molecule has 1 aliphatic rings. The van der Waals surface area contributed by atoms with Gasteiger partial charge in [0.15, 0.2) is 5.03 Å². The SMILES string of the molecule is CC1(C)C(CNS(=O)(=O)c2ncccc2NN)C1(C)C. The van der Waals surface area contributed by atoms with Crippen molar-refractivity contribution in [2.45, 2.75) is 32.7 Å². The van der Waals surface area contributed by atoms with Gasteiger partial charge in [-0.15, -0.1) is 0 Å². The first kappa shape index (κ1) is 15.2. The van der Waals surface area contributed by atoms with E-state index in [0.717, 1.165) is 0 Å². The first-order valence-corrected chi connectivity index (χ1v) is 8.04. The van der Waals surface area contributed by atoms with Gasteiger partial charge in [-0.1, -0.05) is 27.7 Å². The molecule has 1 heterocycles. The van der Waals surface area contributed by atoms with Crippen LogP contribution in [0, 0.1) is 16.7 Å². The molecule has 1 aromatic rings. The molecule has 1 aromatic heterocycles. The Morgan fingerprint density at radius 3 is 2.40 bits per heavy atom. The maximum Gasteiger partial charge on any atom is 0.260 e. The lowest BCUT2D eigenvalue weighted by atomic mass is 10.0. The van der Waals surface area contributed by atoms with E-state index in [1.165, 1.54) is 6.20 Å². The Morgan fingerprint density at radius 2 is 1.90 bits per heavy atom. The van der Waals surface area contributed by atoms with Gasteiger partial charge in [0.25, 0.3) is 10.0 Å². The zero-order valence-electron chi connectivity index (χ0n) is 12.3. The summed E-state index contributed by atoms with van der Waals surface area (Å²) in [6, 6.07) is 3.20. The Labute approximate surface area is 120 Å². The van der Waals surface area contributed by atoms with Crippen LogP contribution in [0.2, 0.25) is 0 Å². The summed E-state index contributed by atoms with van der Waals surface area (Å²) >= 11 is 0. The van der Waals surface area contributed by atoms with Crippen LogP contribution in [-0.2, 0) is 10.0 Å². The number of sulfonamides is 1. The Morgan fingerprint density at radius 1 is 1.30 bits per heavy atom. The maximum atomic E-state index is 12.3.